The number of benzene rings is 2. The zero-order chi connectivity index (χ0) is 38.4. The van der Waals surface area contributed by atoms with Crippen molar-refractivity contribution >= 4 is 40.7 Å². The van der Waals surface area contributed by atoms with E-state index in [1.807, 2.05) is 6.08 Å². The van der Waals surface area contributed by atoms with Gasteiger partial charge in [0.15, 0.2) is 0 Å². The van der Waals surface area contributed by atoms with Crippen molar-refractivity contribution in [3.05, 3.63) is 62.6 Å². The van der Waals surface area contributed by atoms with Crippen molar-refractivity contribution in [1.29, 1.82) is 0 Å². The second-order valence-electron chi connectivity index (χ2n) is 18.3. The summed E-state index contributed by atoms with van der Waals surface area (Å²) in [5.74, 6) is 2.15. The average Bonchev–Trinajstić information content (AvgIpc) is 3.46. The summed E-state index contributed by atoms with van der Waals surface area (Å²) in [6.45, 7) is 12.5. The maximum atomic E-state index is 12.1. The molecule has 2 aromatic carbocycles. The van der Waals surface area contributed by atoms with Gasteiger partial charge in [0.1, 0.15) is 22.6 Å². The summed E-state index contributed by atoms with van der Waals surface area (Å²) in [6, 6.07) is 5.73. The standard InChI is InChI=1S/C45H60Cl2O6.H3N/c1-25(2)10-8-11-26(3)34-15-16-36-31-20-27(35-14-6-7-18-44(35,4)37(31)17-19-45(34,36)5)12-9-13-30(28-21-32(42(50)51)40(48)38(46)23-28)29-22-33(43(52)53)41(49)39(47)24-29;/h13,21-27,31,34-37,48-49H,6-12,14-20H2,1-5H3,(H,50,51)(H,52,53);1H3/t26?,27-,31?,34-,35-,36?,37?,44+,45-;/m1./s1. The van der Waals surface area contributed by atoms with E-state index in [0.29, 0.717) is 45.8 Å². The first-order valence-electron chi connectivity index (χ1n) is 20.3. The minimum atomic E-state index is -1.33. The van der Waals surface area contributed by atoms with E-state index in [1.54, 1.807) is 0 Å². The maximum absolute atomic E-state index is 12.1. The molecule has 0 heterocycles. The SMILES string of the molecule is CC(C)CCCC(C)[C@H]1CCC2C3C[C@@H](CCC=C(c4cc(Cl)c(O)c(C(=O)O)c4)c4cc(Cl)c(O)c(C(=O)O)c4)[C@H]4CCCC[C@]4(C)C3CC[C@@]21C.N. The van der Waals surface area contributed by atoms with E-state index in [9.17, 15) is 30.0 Å². The molecule has 0 aromatic heterocycles. The first kappa shape index (κ1) is 42.4. The van der Waals surface area contributed by atoms with Crippen molar-refractivity contribution in [2.75, 3.05) is 0 Å². The molecule has 2 aromatic rings. The molecule has 4 aliphatic carbocycles. The molecular weight excluding hydrogens is 721 g/mol. The average molecular weight is 785 g/mol. The number of rotatable bonds is 12. The van der Waals surface area contributed by atoms with Crippen LogP contribution < -0.4 is 6.15 Å². The van der Waals surface area contributed by atoms with Crippen molar-refractivity contribution in [1.82, 2.24) is 6.15 Å². The topological polar surface area (TPSA) is 150 Å². The maximum Gasteiger partial charge on any atom is 0.339 e. The number of hydrogen-bond acceptors (Lipinski definition) is 5. The number of fused-ring (bicyclic) bond motifs is 5. The van der Waals surface area contributed by atoms with E-state index in [1.165, 1.54) is 101 Å². The summed E-state index contributed by atoms with van der Waals surface area (Å²) >= 11 is 12.7. The van der Waals surface area contributed by atoms with Crippen molar-refractivity contribution in [2.45, 2.75) is 125 Å². The summed E-state index contributed by atoms with van der Waals surface area (Å²) in [6.07, 6.45) is 19.6. The van der Waals surface area contributed by atoms with Crippen LogP contribution in [0.15, 0.2) is 30.3 Å². The van der Waals surface area contributed by atoms with E-state index in [4.69, 9.17) is 23.2 Å². The number of carbonyl (C=O) groups is 2. The number of hydrogen-bond donors (Lipinski definition) is 5. The smallest absolute Gasteiger partial charge is 0.339 e. The monoisotopic (exact) mass is 783 g/mol. The zero-order valence-electron chi connectivity index (χ0n) is 33.0. The minimum absolute atomic E-state index is 0. The molecular formula is C45H63Cl2NO6. The highest BCUT2D eigenvalue weighted by atomic mass is 35.5. The van der Waals surface area contributed by atoms with Gasteiger partial charge in [-0.3, -0.25) is 0 Å². The van der Waals surface area contributed by atoms with Crippen LogP contribution in [-0.4, -0.2) is 32.4 Å². The summed E-state index contributed by atoms with van der Waals surface area (Å²) in [4.78, 5) is 24.2. The van der Waals surface area contributed by atoms with Crippen molar-refractivity contribution in [3.63, 3.8) is 0 Å². The zero-order valence-corrected chi connectivity index (χ0v) is 34.5. The van der Waals surface area contributed by atoms with Gasteiger partial charge in [0.05, 0.1) is 10.0 Å². The fourth-order valence-corrected chi connectivity index (χ4v) is 13.0. The second kappa shape index (κ2) is 16.8. The molecule has 54 heavy (non-hydrogen) atoms. The first-order chi connectivity index (χ1) is 25.1. The molecule has 0 bridgehead atoms. The van der Waals surface area contributed by atoms with Crippen LogP contribution in [0.3, 0.4) is 0 Å². The van der Waals surface area contributed by atoms with Gasteiger partial charge in [-0.25, -0.2) is 9.59 Å². The third kappa shape index (κ3) is 7.93. The lowest BCUT2D eigenvalue weighted by molar-refractivity contribution is -0.138. The van der Waals surface area contributed by atoms with Gasteiger partial charge >= 0.3 is 11.9 Å². The third-order valence-corrected chi connectivity index (χ3v) is 15.6. The summed E-state index contributed by atoms with van der Waals surface area (Å²) in [5, 5.41) is 40.4. The molecule has 4 unspecified atom stereocenters. The molecule has 4 saturated carbocycles. The minimum Gasteiger partial charge on any atom is -0.505 e. The van der Waals surface area contributed by atoms with Crippen molar-refractivity contribution < 1.29 is 30.0 Å². The van der Waals surface area contributed by atoms with Gasteiger partial charge in [-0.05, 0) is 157 Å². The lowest BCUT2D eigenvalue weighted by Gasteiger charge is -2.63. The molecule has 0 saturated heterocycles. The van der Waals surface area contributed by atoms with Crippen LogP contribution in [0, 0.1) is 58.2 Å². The number of aromatic carboxylic acids is 2. The van der Waals surface area contributed by atoms with Gasteiger partial charge in [-0.15, -0.1) is 0 Å². The Balaban J connectivity index is 0.00000561. The lowest BCUT2D eigenvalue weighted by Crippen LogP contribution is -2.55. The summed E-state index contributed by atoms with van der Waals surface area (Å²) < 4.78 is 0. The number of carboxylic acids is 2. The van der Waals surface area contributed by atoms with Crippen LogP contribution in [0.1, 0.15) is 156 Å². The molecule has 0 radical (unpaired) electrons. The Bertz CT molecular complexity index is 1670. The van der Waals surface area contributed by atoms with Gasteiger partial charge < -0.3 is 26.6 Å². The van der Waals surface area contributed by atoms with Crippen molar-refractivity contribution in [3.8, 4) is 11.5 Å². The van der Waals surface area contributed by atoms with Gasteiger partial charge in [0, 0.05) is 0 Å². The number of halogens is 2. The van der Waals surface area contributed by atoms with Crippen LogP contribution in [0.5, 0.6) is 11.5 Å². The summed E-state index contributed by atoms with van der Waals surface area (Å²) in [5.41, 5.74) is 1.48. The number of carboxylic acid groups (broad SMARTS) is 2. The number of aromatic hydroxyl groups is 2. The molecule has 0 aliphatic heterocycles. The Morgan fingerprint density at radius 2 is 1.39 bits per heavy atom. The van der Waals surface area contributed by atoms with E-state index in [-0.39, 0.29) is 27.3 Å². The molecule has 9 atom stereocenters. The number of allylic oxidation sites excluding steroid dienone is 1. The van der Waals surface area contributed by atoms with Gasteiger partial charge in [-0.2, -0.15) is 0 Å². The second-order valence-corrected chi connectivity index (χ2v) is 19.1. The molecule has 0 spiro atoms. The van der Waals surface area contributed by atoms with E-state index in [2.05, 4.69) is 34.6 Å². The molecule has 4 fully saturated rings. The lowest BCUT2D eigenvalue weighted by atomic mass is 9.42. The Hall–Kier alpha value is -2.74. The highest BCUT2D eigenvalue weighted by Gasteiger charge is 2.61. The number of phenols is 2. The van der Waals surface area contributed by atoms with Gasteiger partial charge in [-0.1, -0.05) is 96.0 Å². The molecule has 9 heteroatoms. The third-order valence-electron chi connectivity index (χ3n) is 15.1. The van der Waals surface area contributed by atoms with Gasteiger partial charge in [0.2, 0.25) is 0 Å². The fourth-order valence-electron chi connectivity index (χ4n) is 12.6. The fraction of sp³-hybridized carbons (Fsp3) is 0.644. The van der Waals surface area contributed by atoms with Crippen molar-refractivity contribution in [2.24, 2.45) is 58.2 Å². The van der Waals surface area contributed by atoms with Gasteiger partial charge in [0.25, 0.3) is 0 Å². The van der Waals surface area contributed by atoms with E-state index < -0.39 is 23.4 Å². The molecule has 298 valence electrons. The Morgan fingerprint density at radius 3 is 1.96 bits per heavy atom. The first-order valence-corrected chi connectivity index (χ1v) is 21.0. The van der Waals surface area contributed by atoms with E-state index in [0.717, 1.165) is 41.9 Å². The van der Waals surface area contributed by atoms with Crippen LogP contribution in [-0.2, 0) is 0 Å². The van der Waals surface area contributed by atoms with Crippen LogP contribution in [0.25, 0.3) is 5.57 Å². The highest BCUT2D eigenvalue weighted by molar-refractivity contribution is 6.33. The predicted octanol–water partition coefficient (Wildman–Crippen LogP) is 12.9. The molecule has 7 N–H and O–H groups in total. The van der Waals surface area contributed by atoms with E-state index >= 15 is 0 Å². The van der Waals surface area contributed by atoms with Crippen LogP contribution in [0.2, 0.25) is 10.0 Å². The quantitative estimate of drug-likeness (QED) is 0.144. The highest BCUT2D eigenvalue weighted by Crippen LogP contribution is 2.69. The predicted molar refractivity (Wildman–Crippen MR) is 218 cm³/mol. The summed E-state index contributed by atoms with van der Waals surface area (Å²) in [7, 11) is 0. The molecule has 0 amide bonds. The van der Waals surface area contributed by atoms with Crippen LogP contribution in [0.4, 0.5) is 0 Å². The van der Waals surface area contributed by atoms with Crippen LogP contribution >= 0.6 is 23.2 Å². The molecule has 4 aliphatic rings. The largest absolute Gasteiger partial charge is 0.505 e. The Labute approximate surface area is 332 Å². The normalized spacial score (nSPS) is 30.7. The Morgan fingerprint density at radius 1 is 0.796 bits per heavy atom. The molecule has 7 nitrogen and oxygen atoms in total. The Kier molecular flexibility index (Phi) is 13.2. The molecule has 6 rings (SSSR count).